The summed E-state index contributed by atoms with van der Waals surface area (Å²) >= 11 is 0. The fraction of sp³-hybridized carbons (Fsp3) is 0.333. The number of para-hydroxylation sites is 1. The first-order valence-electron chi connectivity index (χ1n) is 7.69. The minimum atomic E-state index is -3.53. The van der Waals surface area contributed by atoms with E-state index in [1.807, 2.05) is 50.2 Å². The highest BCUT2D eigenvalue weighted by Gasteiger charge is 2.32. The van der Waals surface area contributed by atoms with E-state index in [2.05, 4.69) is 0 Å². The summed E-state index contributed by atoms with van der Waals surface area (Å²) in [6.07, 6.45) is 2.82. The maximum atomic E-state index is 13.2. The Balaban J connectivity index is 2.14. The van der Waals surface area contributed by atoms with E-state index in [4.69, 9.17) is 0 Å². The average molecular weight is 315 g/mol. The van der Waals surface area contributed by atoms with Gasteiger partial charge < -0.3 is 0 Å². The van der Waals surface area contributed by atoms with Gasteiger partial charge in [0.15, 0.2) is 0 Å². The van der Waals surface area contributed by atoms with Crippen molar-refractivity contribution >= 4 is 15.7 Å². The molecule has 0 saturated carbocycles. The van der Waals surface area contributed by atoms with Crippen molar-refractivity contribution in [2.45, 2.75) is 44.0 Å². The van der Waals surface area contributed by atoms with E-state index >= 15 is 0 Å². The number of aryl methyl sites for hydroxylation is 2. The minimum absolute atomic E-state index is 0.0325. The van der Waals surface area contributed by atoms with Crippen molar-refractivity contribution in [3.8, 4) is 0 Å². The third kappa shape index (κ3) is 2.63. The maximum absolute atomic E-state index is 13.2. The van der Waals surface area contributed by atoms with Gasteiger partial charge in [0.25, 0.3) is 10.0 Å². The van der Waals surface area contributed by atoms with Crippen molar-refractivity contribution < 1.29 is 8.42 Å². The summed E-state index contributed by atoms with van der Waals surface area (Å²) < 4.78 is 27.9. The van der Waals surface area contributed by atoms with Crippen molar-refractivity contribution in [2.75, 3.05) is 4.31 Å². The van der Waals surface area contributed by atoms with Crippen LogP contribution >= 0.6 is 0 Å². The zero-order valence-corrected chi connectivity index (χ0v) is 13.8. The number of nitrogens with zero attached hydrogens (tertiary/aromatic N) is 1. The first-order valence-corrected chi connectivity index (χ1v) is 9.13. The molecule has 0 spiro atoms. The Hall–Kier alpha value is -1.81. The van der Waals surface area contributed by atoms with Gasteiger partial charge in [-0.3, -0.25) is 4.31 Å². The van der Waals surface area contributed by atoms with E-state index < -0.39 is 10.0 Å². The van der Waals surface area contributed by atoms with Gasteiger partial charge >= 0.3 is 0 Å². The summed E-state index contributed by atoms with van der Waals surface area (Å²) in [6, 6.07) is 14.9. The largest absolute Gasteiger partial charge is 0.264 e. The van der Waals surface area contributed by atoms with Crippen LogP contribution in [0.25, 0.3) is 0 Å². The summed E-state index contributed by atoms with van der Waals surface area (Å²) in [5, 5.41) is 0. The van der Waals surface area contributed by atoms with Gasteiger partial charge in [-0.2, -0.15) is 0 Å². The van der Waals surface area contributed by atoms with Crippen molar-refractivity contribution in [3.05, 3.63) is 59.7 Å². The van der Waals surface area contributed by atoms with E-state index in [0.29, 0.717) is 4.90 Å². The van der Waals surface area contributed by atoms with Crippen molar-refractivity contribution in [1.29, 1.82) is 0 Å². The fourth-order valence-electron chi connectivity index (χ4n) is 3.07. The molecule has 0 fully saturated rings. The SMILES string of the molecule is Cc1ccc(S(=O)(=O)N2c3ccccc3CCCC2C)cc1. The second kappa shape index (κ2) is 5.76. The van der Waals surface area contributed by atoms with Crippen LogP contribution in [0.3, 0.4) is 0 Å². The van der Waals surface area contributed by atoms with Crippen LogP contribution in [-0.2, 0) is 16.4 Å². The molecule has 1 aliphatic rings. The molecular weight excluding hydrogens is 294 g/mol. The Bertz CT molecular complexity index is 766. The number of fused-ring (bicyclic) bond motifs is 1. The third-order valence-corrected chi connectivity index (χ3v) is 6.22. The van der Waals surface area contributed by atoms with Crippen LogP contribution in [0.2, 0.25) is 0 Å². The predicted molar refractivity (Wildman–Crippen MR) is 89.7 cm³/mol. The van der Waals surface area contributed by atoms with Crippen molar-refractivity contribution in [3.63, 3.8) is 0 Å². The molecule has 0 aliphatic carbocycles. The lowest BCUT2D eigenvalue weighted by atomic mass is 10.1. The van der Waals surface area contributed by atoms with Crippen LogP contribution in [0.1, 0.15) is 30.9 Å². The highest BCUT2D eigenvalue weighted by molar-refractivity contribution is 7.92. The molecular formula is C18H21NO2S. The van der Waals surface area contributed by atoms with Crippen LogP contribution in [0.15, 0.2) is 53.4 Å². The summed E-state index contributed by atoms with van der Waals surface area (Å²) in [4.78, 5) is 0.363. The molecule has 22 heavy (non-hydrogen) atoms. The van der Waals surface area contributed by atoms with E-state index in [1.165, 1.54) is 0 Å². The highest BCUT2D eigenvalue weighted by atomic mass is 32.2. The number of sulfonamides is 1. The lowest BCUT2D eigenvalue weighted by Crippen LogP contribution is -2.38. The zero-order valence-electron chi connectivity index (χ0n) is 13.0. The summed E-state index contributed by atoms with van der Waals surface area (Å²) in [5.41, 5.74) is 3.00. The van der Waals surface area contributed by atoms with Crippen LogP contribution in [-0.4, -0.2) is 14.5 Å². The minimum Gasteiger partial charge on any atom is -0.263 e. The van der Waals surface area contributed by atoms with Crippen LogP contribution in [0, 0.1) is 6.92 Å². The molecule has 3 rings (SSSR count). The Morgan fingerprint density at radius 1 is 1.05 bits per heavy atom. The Labute approximate surface area is 132 Å². The monoisotopic (exact) mass is 315 g/mol. The fourth-order valence-corrected chi connectivity index (χ4v) is 4.79. The van der Waals surface area contributed by atoms with Crippen LogP contribution < -0.4 is 4.31 Å². The highest BCUT2D eigenvalue weighted by Crippen LogP contribution is 2.34. The maximum Gasteiger partial charge on any atom is 0.264 e. The van der Waals surface area contributed by atoms with Gasteiger partial charge in [0.2, 0.25) is 0 Å². The molecule has 0 amide bonds. The molecule has 4 heteroatoms. The van der Waals surface area contributed by atoms with Gasteiger partial charge in [-0.05, 0) is 56.9 Å². The van der Waals surface area contributed by atoms with Gasteiger partial charge in [0.05, 0.1) is 10.6 Å². The average Bonchev–Trinajstić information content (AvgIpc) is 2.66. The molecule has 1 heterocycles. The molecule has 0 N–H and O–H groups in total. The molecule has 3 nitrogen and oxygen atoms in total. The van der Waals surface area contributed by atoms with Gasteiger partial charge in [-0.25, -0.2) is 8.42 Å². The molecule has 0 bridgehead atoms. The Morgan fingerprint density at radius 2 is 1.73 bits per heavy atom. The van der Waals surface area contributed by atoms with Crippen molar-refractivity contribution in [1.82, 2.24) is 0 Å². The molecule has 2 aromatic carbocycles. The number of rotatable bonds is 2. The molecule has 1 atom stereocenters. The number of hydrogen-bond donors (Lipinski definition) is 0. The molecule has 1 aliphatic heterocycles. The third-order valence-electron chi connectivity index (χ3n) is 4.28. The van der Waals surface area contributed by atoms with Gasteiger partial charge in [-0.15, -0.1) is 0 Å². The normalized spacial score (nSPS) is 18.6. The summed E-state index contributed by atoms with van der Waals surface area (Å²) in [6.45, 7) is 3.95. The molecule has 2 aromatic rings. The zero-order chi connectivity index (χ0) is 15.7. The van der Waals surface area contributed by atoms with E-state index in [9.17, 15) is 8.42 Å². The second-order valence-corrected chi connectivity index (χ2v) is 7.80. The van der Waals surface area contributed by atoms with Gasteiger partial charge in [0, 0.05) is 6.04 Å². The molecule has 0 aromatic heterocycles. The van der Waals surface area contributed by atoms with E-state index in [1.54, 1.807) is 16.4 Å². The summed E-state index contributed by atoms with van der Waals surface area (Å²) in [5.74, 6) is 0. The van der Waals surface area contributed by atoms with E-state index in [-0.39, 0.29) is 6.04 Å². The first kappa shape index (κ1) is 15.1. The van der Waals surface area contributed by atoms with Crippen LogP contribution in [0.5, 0.6) is 0 Å². The number of anilines is 1. The Morgan fingerprint density at radius 3 is 2.45 bits per heavy atom. The van der Waals surface area contributed by atoms with Gasteiger partial charge in [0.1, 0.15) is 0 Å². The topological polar surface area (TPSA) is 37.4 Å². The molecule has 1 unspecified atom stereocenters. The summed E-state index contributed by atoms with van der Waals surface area (Å²) in [7, 11) is -3.53. The molecule has 0 radical (unpaired) electrons. The lowest BCUT2D eigenvalue weighted by Gasteiger charge is -2.30. The Kier molecular flexibility index (Phi) is 3.96. The standard InChI is InChI=1S/C18H21NO2S/c1-14-10-12-17(13-11-14)22(20,21)19-15(2)6-5-8-16-7-3-4-9-18(16)19/h3-4,7,9-13,15H,5-6,8H2,1-2H3. The first-order chi connectivity index (χ1) is 10.5. The van der Waals surface area contributed by atoms with Gasteiger partial charge in [-0.1, -0.05) is 35.9 Å². The predicted octanol–water partition coefficient (Wildman–Crippen LogP) is 3.92. The quantitative estimate of drug-likeness (QED) is 0.842. The molecule has 116 valence electrons. The number of benzene rings is 2. The lowest BCUT2D eigenvalue weighted by molar-refractivity contribution is 0.570. The van der Waals surface area contributed by atoms with E-state index in [0.717, 1.165) is 36.1 Å². The number of hydrogen-bond acceptors (Lipinski definition) is 2. The smallest absolute Gasteiger partial charge is 0.263 e. The second-order valence-electron chi connectivity index (χ2n) is 5.98. The van der Waals surface area contributed by atoms with Crippen molar-refractivity contribution in [2.24, 2.45) is 0 Å². The van der Waals surface area contributed by atoms with Crippen LogP contribution in [0.4, 0.5) is 5.69 Å². The molecule has 0 saturated heterocycles.